The van der Waals surface area contributed by atoms with Crippen molar-refractivity contribution in [1.29, 1.82) is 0 Å². The van der Waals surface area contributed by atoms with Crippen LogP contribution in [0.15, 0.2) is 60.4 Å². The SMILES string of the molecule is COc1ccc(C(=O)Oc2ccc3c(c2)O/C(=C\c2ccc(Cl)c(Cl)c2)C3=O)cc1OC. The molecule has 0 unspecified atom stereocenters. The zero-order valence-electron chi connectivity index (χ0n) is 17.0. The fraction of sp³-hybridized carbons (Fsp3) is 0.0833. The van der Waals surface area contributed by atoms with Gasteiger partial charge in [-0.3, -0.25) is 4.79 Å². The molecule has 3 aromatic carbocycles. The van der Waals surface area contributed by atoms with Gasteiger partial charge in [-0.05, 0) is 54.1 Å². The van der Waals surface area contributed by atoms with Gasteiger partial charge in [-0.25, -0.2) is 4.79 Å². The summed E-state index contributed by atoms with van der Waals surface area (Å²) in [6.07, 6.45) is 1.57. The van der Waals surface area contributed by atoms with E-state index in [2.05, 4.69) is 0 Å². The molecule has 0 atom stereocenters. The number of ether oxygens (including phenoxy) is 4. The molecule has 32 heavy (non-hydrogen) atoms. The Kier molecular flexibility index (Phi) is 6.08. The van der Waals surface area contributed by atoms with Gasteiger partial charge >= 0.3 is 5.97 Å². The Morgan fingerprint density at radius 2 is 1.69 bits per heavy atom. The Morgan fingerprint density at radius 3 is 2.41 bits per heavy atom. The summed E-state index contributed by atoms with van der Waals surface area (Å²) >= 11 is 12.0. The van der Waals surface area contributed by atoms with Crippen LogP contribution in [0.1, 0.15) is 26.3 Å². The smallest absolute Gasteiger partial charge is 0.343 e. The number of benzene rings is 3. The molecule has 0 radical (unpaired) electrons. The van der Waals surface area contributed by atoms with Crippen LogP contribution in [0.4, 0.5) is 0 Å². The van der Waals surface area contributed by atoms with Crippen LogP contribution in [-0.2, 0) is 0 Å². The van der Waals surface area contributed by atoms with Crippen LogP contribution < -0.4 is 18.9 Å². The number of hydrogen-bond acceptors (Lipinski definition) is 6. The average molecular weight is 471 g/mol. The van der Waals surface area contributed by atoms with Crippen LogP contribution in [0, 0.1) is 0 Å². The Morgan fingerprint density at radius 1 is 0.906 bits per heavy atom. The Bertz CT molecular complexity index is 1270. The van der Waals surface area contributed by atoms with E-state index >= 15 is 0 Å². The van der Waals surface area contributed by atoms with Gasteiger partial charge in [-0.1, -0.05) is 29.3 Å². The van der Waals surface area contributed by atoms with Crippen molar-refractivity contribution in [2.75, 3.05) is 14.2 Å². The minimum absolute atomic E-state index is 0.127. The molecule has 0 aromatic heterocycles. The van der Waals surface area contributed by atoms with E-state index in [1.165, 1.54) is 32.4 Å². The third-order valence-electron chi connectivity index (χ3n) is 4.71. The van der Waals surface area contributed by atoms with Gasteiger partial charge in [0, 0.05) is 6.07 Å². The molecular formula is C24H16Cl2O6. The number of Topliss-reactive ketones (excluding diaryl/α,β-unsaturated/α-hetero) is 1. The number of ketones is 1. The quantitative estimate of drug-likeness (QED) is 0.264. The number of allylic oxidation sites excluding steroid dienone is 1. The van der Waals surface area contributed by atoms with Crippen LogP contribution in [0.5, 0.6) is 23.0 Å². The Hall–Kier alpha value is -3.48. The van der Waals surface area contributed by atoms with Crippen molar-refractivity contribution in [1.82, 2.24) is 0 Å². The Balaban J connectivity index is 1.54. The lowest BCUT2D eigenvalue weighted by atomic mass is 10.1. The highest BCUT2D eigenvalue weighted by Crippen LogP contribution is 2.36. The number of carbonyl (C=O) groups excluding carboxylic acids is 2. The molecular weight excluding hydrogens is 455 g/mol. The zero-order valence-corrected chi connectivity index (χ0v) is 18.5. The summed E-state index contributed by atoms with van der Waals surface area (Å²) in [5, 5.41) is 0.782. The van der Waals surface area contributed by atoms with Crippen LogP contribution in [0.25, 0.3) is 6.08 Å². The molecule has 1 heterocycles. The number of rotatable bonds is 5. The molecule has 0 amide bonds. The van der Waals surface area contributed by atoms with E-state index in [4.69, 9.17) is 42.1 Å². The largest absolute Gasteiger partial charge is 0.493 e. The maximum Gasteiger partial charge on any atom is 0.343 e. The molecule has 8 heteroatoms. The van der Waals surface area contributed by atoms with Gasteiger partial charge in [0.1, 0.15) is 11.5 Å². The number of carbonyl (C=O) groups is 2. The lowest BCUT2D eigenvalue weighted by Crippen LogP contribution is -2.09. The molecule has 1 aliphatic heterocycles. The summed E-state index contributed by atoms with van der Waals surface area (Å²) < 4.78 is 21.5. The van der Waals surface area contributed by atoms with Gasteiger partial charge in [-0.2, -0.15) is 0 Å². The van der Waals surface area contributed by atoms with Gasteiger partial charge in [0.05, 0.1) is 35.4 Å². The highest BCUT2D eigenvalue weighted by Gasteiger charge is 2.28. The maximum atomic E-state index is 12.7. The van der Waals surface area contributed by atoms with Crippen LogP contribution >= 0.6 is 23.2 Å². The molecule has 0 saturated heterocycles. The number of halogens is 2. The van der Waals surface area contributed by atoms with Crippen molar-refractivity contribution >= 4 is 41.0 Å². The fourth-order valence-electron chi connectivity index (χ4n) is 3.11. The van der Waals surface area contributed by atoms with Crippen LogP contribution in [0.2, 0.25) is 10.0 Å². The standard InChI is InChI=1S/C24H16Cl2O6/c1-29-19-8-4-14(11-21(19)30-2)24(28)31-15-5-6-16-20(12-15)32-22(23(16)27)10-13-3-7-17(25)18(26)9-13/h3-12H,1-2H3/b22-10-. The predicted octanol–water partition coefficient (Wildman–Crippen LogP) is 5.85. The molecule has 4 rings (SSSR count). The molecule has 6 nitrogen and oxygen atoms in total. The van der Waals surface area contributed by atoms with Crippen molar-refractivity contribution in [3.05, 3.63) is 87.1 Å². The first-order valence-electron chi connectivity index (χ1n) is 9.37. The van der Waals surface area contributed by atoms with Crippen molar-refractivity contribution in [3.8, 4) is 23.0 Å². The first-order chi connectivity index (χ1) is 15.4. The molecule has 162 valence electrons. The average Bonchev–Trinajstić information content (AvgIpc) is 3.10. The van der Waals surface area contributed by atoms with E-state index in [0.29, 0.717) is 38.4 Å². The monoisotopic (exact) mass is 470 g/mol. The molecule has 3 aromatic rings. The van der Waals surface area contributed by atoms with Crippen molar-refractivity contribution in [2.24, 2.45) is 0 Å². The van der Waals surface area contributed by atoms with Crippen molar-refractivity contribution in [2.45, 2.75) is 0 Å². The molecule has 0 saturated carbocycles. The zero-order chi connectivity index (χ0) is 22.8. The summed E-state index contributed by atoms with van der Waals surface area (Å²) in [7, 11) is 2.98. The van der Waals surface area contributed by atoms with Gasteiger partial charge in [0.15, 0.2) is 17.3 Å². The molecule has 0 bridgehead atoms. The first kappa shape index (κ1) is 21.7. The van der Waals surface area contributed by atoms with E-state index in [9.17, 15) is 9.59 Å². The molecule has 1 aliphatic rings. The first-order valence-corrected chi connectivity index (χ1v) is 10.1. The van der Waals surface area contributed by atoms with E-state index < -0.39 is 5.97 Å². The maximum absolute atomic E-state index is 12.7. The highest BCUT2D eigenvalue weighted by molar-refractivity contribution is 6.42. The summed E-state index contributed by atoms with van der Waals surface area (Å²) in [5.74, 6) is 0.662. The highest BCUT2D eigenvalue weighted by atomic mass is 35.5. The summed E-state index contributed by atoms with van der Waals surface area (Å²) in [4.78, 5) is 25.2. The van der Waals surface area contributed by atoms with E-state index in [1.54, 1.807) is 42.5 Å². The van der Waals surface area contributed by atoms with Gasteiger partial charge in [-0.15, -0.1) is 0 Å². The second kappa shape index (κ2) is 8.94. The lowest BCUT2D eigenvalue weighted by Gasteiger charge is -2.10. The lowest BCUT2D eigenvalue weighted by molar-refractivity contribution is 0.0734. The van der Waals surface area contributed by atoms with Gasteiger partial charge in [0.25, 0.3) is 0 Å². The van der Waals surface area contributed by atoms with Crippen LogP contribution in [-0.4, -0.2) is 26.0 Å². The minimum Gasteiger partial charge on any atom is -0.493 e. The molecule has 0 N–H and O–H groups in total. The number of hydrogen-bond donors (Lipinski definition) is 0. The topological polar surface area (TPSA) is 71.1 Å². The summed E-state index contributed by atoms with van der Waals surface area (Å²) in [5.41, 5.74) is 1.30. The van der Waals surface area contributed by atoms with Crippen molar-refractivity contribution in [3.63, 3.8) is 0 Å². The third kappa shape index (κ3) is 4.28. The molecule has 0 aliphatic carbocycles. The van der Waals surface area contributed by atoms with Crippen molar-refractivity contribution < 1.29 is 28.5 Å². The molecule has 0 spiro atoms. The van der Waals surface area contributed by atoms with E-state index in [1.807, 2.05) is 0 Å². The molecule has 0 fully saturated rings. The van der Waals surface area contributed by atoms with Gasteiger partial charge in [0.2, 0.25) is 5.78 Å². The number of esters is 1. The summed E-state index contributed by atoms with van der Waals surface area (Å²) in [6.45, 7) is 0. The predicted molar refractivity (Wildman–Crippen MR) is 120 cm³/mol. The minimum atomic E-state index is -0.596. The second-order valence-corrected chi connectivity index (χ2v) is 7.54. The van der Waals surface area contributed by atoms with Crippen LogP contribution in [0.3, 0.4) is 0 Å². The normalized spacial score (nSPS) is 13.5. The summed E-state index contributed by atoms with van der Waals surface area (Å²) in [6, 6.07) is 14.2. The Labute approximate surface area is 193 Å². The number of fused-ring (bicyclic) bond motifs is 1. The van der Waals surface area contributed by atoms with E-state index in [-0.39, 0.29) is 22.9 Å². The van der Waals surface area contributed by atoms with Gasteiger partial charge < -0.3 is 18.9 Å². The third-order valence-corrected chi connectivity index (χ3v) is 5.45. The second-order valence-electron chi connectivity index (χ2n) is 6.73. The fourth-order valence-corrected chi connectivity index (χ4v) is 3.42. The van der Waals surface area contributed by atoms with E-state index in [0.717, 1.165) is 0 Å². The number of methoxy groups -OCH3 is 2.